The molecule has 0 aromatic heterocycles. The fourth-order valence-electron chi connectivity index (χ4n) is 3.77. The molecule has 1 saturated carbocycles. The molecule has 2 aromatic carbocycles. The number of hydrogen-bond acceptors (Lipinski definition) is 7. The van der Waals surface area contributed by atoms with Gasteiger partial charge in [0.05, 0.1) is 17.6 Å². The van der Waals surface area contributed by atoms with E-state index < -0.39 is 32.4 Å². The van der Waals surface area contributed by atoms with Gasteiger partial charge >= 0.3 is 5.97 Å². The van der Waals surface area contributed by atoms with E-state index in [4.69, 9.17) is 25.8 Å². The Morgan fingerprint density at radius 1 is 1.24 bits per heavy atom. The number of carbonyl (C=O) groups is 1. The zero-order valence-corrected chi connectivity index (χ0v) is 16.9. The Labute approximate surface area is 172 Å². The fraction of sp³-hybridized carbons (Fsp3) is 0.300. The van der Waals surface area contributed by atoms with Gasteiger partial charge in [-0.15, -0.1) is 0 Å². The van der Waals surface area contributed by atoms with Crippen LogP contribution >= 0.6 is 11.6 Å². The average Bonchev–Trinajstić information content (AvgIpc) is 3.20. The van der Waals surface area contributed by atoms with Crippen LogP contribution in [-0.2, 0) is 19.4 Å². The highest BCUT2D eigenvalue weighted by molar-refractivity contribution is 7.92. The van der Waals surface area contributed by atoms with Crippen LogP contribution in [0.5, 0.6) is 11.5 Å². The number of ether oxygens (including phenoxy) is 3. The van der Waals surface area contributed by atoms with Crippen LogP contribution in [0.15, 0.2) is 47.4 Å². The number of nitrogens with zero attached hydrogens (tertiary/aromatic N) is 1. The van der Waals surface area contributed by atoms with E-state index in [1.54, 1.807) is 25.1 Å². The molecule has 0 spiro atoms. The highest BCUT2D eigenvalue weighted by Gasteiger charge is 2.77. The van der Waals surface area contributed by atoms with Gasteiger partial charge in [-0.25, -0.2) is 8.42 Å². The van der Waals surface area contributed by atoms with Gasteiger partial charge in [0.25, 0.3) is 0 Å². The first-order chi connectivity index (χ1) is 13.9. The second-order valence-electron chi connectivity index (χ2n) is 6.71. The second-order valence-corrected chi connectivity index (χ2v) is 9.22. The summed E-state index contributed by atoms with van der Waals surface area (Å²) in [5.41, 5.74) is -1.35. The van der Waals surface area contributed by atoms with Crippen LogP contribution < -0.4 is 9.47 Å². The molecule has 0 unspecified atom stereocenters. The van der Waals surface area contributed by atoms with Gasteiger partial charge in [0.15, 0.2) is 26.8 Å². The lowest BCUT2D eigenvalue weighted by atomic mass is 10.0. The Morgan fingerprint density at radius 2 is 1.93 bits per heavy atom. The molecule has 150 valence electrons. The summed E-state index contributed by atoms with van der Waals surface area (Å²) >= 11 is 5.86. The van der Waals surface area contributed by atoms with Gasteiger partial charge < -0.3 is 14.2 Å². The van der Waals surface area contributed by atoms with Crippen LogP contribution in [0, 0.1) is 16.7 Å². The van der Waals surface area contributed by atoms with Crippen LogP contribution in [0.2, 0.25) is 5.02 Å². The van der Waals surface area contributed by atoms with Crippen molar-refractivity contribution in [1.82, 2.24) is 0 Å². The molecule has 1 fully saturated rings. The van der Waals surface area contributed by atoms with E-state index in [1.807, 2.05) is 6.07 Å². The Morgan fingerprint density at radius 3 is 2.59 bits per heavy atom. The van der Waals surface area contributed by atoms with Crippen LogP contribution in [-0.4, -0.2) is 33.0 Å². The molecular formula is C20H16ClNO6S. The van der Waals surface area contributed by atoms with Crippen LogP contribution in [0.25, 0.3) is 0 Å². The van der Waals surface area contributed by atoms with Crippen molar-refractivity contribution in [3.63, 3.8) is 0 Å². The van der Waals surface area contributed by atoms with E-state index in [9.17, 15) is 18.5 Å². The van der Waals surface area contributed by atoms with Crippen molar-refractivity contribution in [3.8, 4) is 17.6 Å². The van der Waals surface area contributed by atoms with Crippen LogP contribution in [0.1, 0.15) is 18.4 Å². The number of rotatable bonds is 5. The molecule has 0 N–H and O–H groups in total. The maximum Gasteiger partial charge on any atom is 0.328 e. The van der Waals surface area contributed by atoms with Crippen molar-refractivity contribution in [2.24, 2.45) is 5.41 Å². The van der Waals surface area contributed by atoms with E-state index in [2.05, 4.69) is 0 Å². The van der Waals surface area contributed by atoms with E-state index >= 15 is 0 Å². The molecule has 0 bridgehead atoms. The lowest BCUT2D eigenvalue weighted by molar-refractivity contribution is -0.147. The first kappa shape index (κ1) is 19.6. The maximum atomic E-state index is 13.3. The van der Waals surface area contributed by atoms with Crippen molar-refractivity contribution in [2.75, 3.05) is 13.4 Å². The summed E-state index contributed by atoms with van der Waals surface area (Å²) in [6.07, 6.45) is 0. The fourth-order valence-corrected chi connectivity index (χ4v) is 6.14. The minimum atomic E-state index is -4.03. The summed E-state index contributed by atoms with van der Waals surface area (Å²) in [5, 5.41) is 9.00. The lowest BCUT2D eigenvalue weighted by Gasteiger charge is -2.09. The van der Waals surface area contributed by atoms with Crippen molar-refractivity contribution in [2.45, 2.75) is 23.0 Å². The number of sulfone groups is 1. The van der Waals surface area contributed by atoms with Crippen molar-refractivity contribution in [3.05, 3.63) is 53.1 Å². The number of benzene rings is 2. The van der Waals surface area contributed by atoms with E-state index in [0.717, 1.165) is 0 Å². The van der Waals surface area contributed by atoms with E-state index in [0.29, 0.717) is 22.1 Å². The molecular weight excluding hydrogens is 418 g/mol. The van der Waals surface area contributed by atoms with Crippen molar-refractivity contribution in [1.29, 1.82) is 5.26 Å². The second kappa shape index (κ2) is 6.94. The molecule has 4 rings (SSSR count). The molecule has 1 aliphatic heterocycles. The standard InChI is InChI=1S/C20H16ClNO6S/c1-2-26-19(23)20(10-22)17(12-3-8-15-16(9-12)28-11-27-15)18(20)29(24,25)14-6-4-13(21)5-7-14/h3-9,17-18H,2,11H2,1H3/t17-,18+,20+/m0/s1. The van der Waals surface area contributed by atoms with E-state index in [-0.39, 0.29) is 18.3 Å². The minimum Gasteiger partial charge on any atom is -0.465 e. The third-order valence-corrected chi connectivity index (χ3v) is 7.66. The van der Waals surface area contributed by atoms with Gasteiger partial charge in [0.1, 0.15) is 5.25 Å². The quantitative estimate of drug-likeness (QED) is 0.667. The first-order valence-corrected chi connectivity index (χ1v) is 10.8. The predicted octanol–water partition coefficient (Wildman–Crippen LogP) is 3.08. The number of esters is 1. The van der Waals surface area contributed by atoms with Crippen molar-refractivity contribution < 1.29 is 27.4 Å². The number of halogens is 1. The number of fused-ring (bicyclic) bond motifs is 1. The Bertz CT molecular complexity index is 1120. The first-order valence-electron chi connectivity index (χ1n) is 8.83. The summed E-state index contributed by atoms with van der Waals surface area (Å²) in [7, 11) is -4.03. The smallest absolute Gasteiger partial charge is 0.328 e. The van der Waals surface area contributed by atoms with Gasteiger partial charge in [-0.3, -0.25) is 4.79 Å². The summed E-state index contributed by atoms with van der Waals surface area (Å²) in [4.78, 5) is 12.7. The summed E-state index contributed by atoms with van der Waals surface area (Å²) in [5.74, 6) is -0.799. The number of nitriles is 1. The normalized spacial score (nSPS) is 24.6. The molecule has 7 nitrogen and oxygen atoms in total. The molecule has 9 heteroatoms. The molecule has 1 aliphatic carbocycles. The topological polar surface area (TPSA) is 103 Å². The van der Waals surface area contributed by atoms with Gasteiger partial charge in [-0.1, -0.05) is 17.7 Å². The summed E-state index contributed by atoms with van der Waals surface area (Å²) in [6.45, 7) is 1.69. The Hall–Kier alpha value is -2.76. The maximum absolute atomic E-state index is 13.3. The highest BCUT2D eigenvalue weighted by Crippen LogP contribution is 2.65. The molecule has 0 saturated heterocycles. The van der Waals surface area contributed by atoms with Crippen molar-refractivity contribution >= 4 is 27.4 Å². The monoisotopic (exact) mass is 433 g/mol. The Balaban J connectivity index is 1.82. The molecule has 0 radical (unpaired) electrons. The van der Waals surface area contributed by atoms with Gasteiger partial charge in [-0.2, -0.15) is 5.26 Å². The molecule has 1 heterocycles. The summed E-state index contributed by atoms with van der Waals surface area (Å²) in [6, 6.07) is 12.4. The molecule has 0 amide bonds. The summed E-state index contributed by atoms with van der Waals surface area (Å²) < 4.78 is 42.4. The number of hydrogen-bond donors (Lipinski definition) is 0. The zero-order valence-electron chi connectivity index (χ0n) is 15.3. The van der Waals surface area contributed by atoms with Crippen LogP contribution in [0.3, 0.4) is 0 Å². The third kappa shape index (κ3) is 2.93. The highest BCUT2D eigenvalue weighted by atomic mass is 35.5. The molecule has 2 aromatic rings. The van der Waals surface area contributed by atoms with Gasteiger partial charge in [0, 0.05) is 10.9 Å². The zero-order chi connectivity index (χ0) is 20.8. The third-order valence-electron chi connectivity index (χ3n) is 5.16. The average molecular weight is 434 g/mol. The van der Waals surface area contributed by atoms with Crippen LogP contribution in [0.4, 0.5) is 0 Å². The molecule has 29 heavy (non-hydrogen) atoms. The minimum absolute atomic E-state index is 0.0148. The number of carbonyl (C=O) groups excluding carboxylic acids is 1. The van der Waals surface area contributed by atoms with Gasteiger partial charge in [0.2, 0.25) is 6.79 Å². The van der Waals surface area contributed by atoms with E-state index in [1.165, 1.54) is 24.3 Å². The Kier molecular flexibility index (Phi) is 4.68. The largest absolute Gasteiger partial charge is 0.465 e. The van der Waals surface area contributed by atoms with Gasteiger partial charge in [-0.05, 0) is 48.9 Å². The predicted molar refractivity (Wildman–Crippen MR) is 102 cm³/mol. The SMILES string of the molecule is CCOC(=O)[C@@]1(C#N)[C@H](S(=O)(=O)c2ccc(Cl)cc2)[C@@H]1c1ccc2c(c1)OCO2. The molecule has 2 aliphatic rings. The lowest BCUT2D eigenvalue weighted by Crippen LogP contribution is -2.25. The molecule has 3 atom stereocenters.